The van der Waals surface area contributed by atoms with Crippen molar-refractivity contribution in [3.8, 4) is 16.9 Å². The molecule has 3 aromatic carbocycles. The van der Waals surface area contributed by atoms with Crippen LogP contribution >= 0.6 is 0 Å². The lowest BCUT2D eigenvalue weighted by atomic mass is 9.91. The number of benzene rings is 3. The summed E-state index contributed by atoms with van der Waals surface area (Å²) in [7, 11) is 0. The molecular weight excluding hydrogens is 497 g/mol. The van der Waals surface area contributed by atoms with Crippen molar-refractivity contribution in [1.82, 2.24) is 4.90 Å². The number of primary amides is 1. The Labute approximate surface area is 216 Å². The van der Waals surface area contributed by atoms with Gasteiger partial charge in [-0.05, 0) is 71.1 Å². The van der Waals surface area contributed by atoms with E-state index in [0.29, 0.717) is 36.4 Å². The van der Waals surface area contributed by atoms with Gasteiger partial charge in [0.2, 0.25) is 5.91 Å². The molecule has 1 atom stereocenters. The van der Waals surface area contributed by atoms with Crippen LogP contribution in [0, 0.1) is 0 Å². The Morgan fingerprint density at radius 3 is 2.45 bits per heavy atom. The second-order valence-corrected chi connectivity index (χ2v) is 8.98. The van der Waals surface area contributed by atoms with Crippen molar-refractivity contribution in [1.29, 1.82) is 0 Å². The molecule has 0 saturated heterocycles. The van der Waals surface area contributed by atoms with Crippen LogP contribution in [0.15, 0.2) is 89.5 Å². The van der Waals surface area contributed by atoms with Gasteiger partial charge >= 0.3 is 12.1 Å². The van der Waals surface area contributed by atoms with Gasteiger partial charge in [0.15, 0.2) is 0 Å². The molecule has 2 N–H and O–H groups in total. The largest absolute Gasteiger partial charge is 0.468 e. The Morgan fingerprint density at radius 2 is 1.76 bits per heavy atom. The number of nitrogens with two attached hydrogens (primary N) is 1. The number of alkyl halides is 3. The number of fused-ring (bicyclic) bond motifs is 1. The average molecular weight is 521 g/mol. The fraction of sp³-hybridized carbons (Fsp3) is 0.172. The molecule has 0 saturated carbocycles. The summed E-state index contributed by atoms with van der Waals surface area (Å²) in [5.74, 6) is -0.134. The van der Waals surface area contributed by atoms with Gasteiger partial charge in [0.25, 0.3) is 0 Å². The maximum absolute atomic E-state index is 13.1. The highest BCUT2D eigenvalue weighted by molar-refractivity contribution is 5.98. The molecule has 4 aromatic rings. The van der Waals surface area contributed by atoms with E-state index in [1.165, 1.54) is 12.1 Å². The minimum Gasteiger partial charge on any atom is -0.468 e. The van der Waals surface area contributed by atoms with Crippen LogP contribution in [0.2, 0.25) is 0 Å². The van der Waals surface area contributed by atoms with Gasteiger partial charge in [-0.15, -0.1) is 0 Å². The van der Waals surface area contributed by atoms with Crippen molar-refractivity contribution in [3.63, 3.8) is 0 Å². The van der Waals surface area contributed by atoms with E-state index in [-0.39, 0.29) is 5.56 Å². The summed E-state index contributed by atoms with van der Waals surface area (Å²) in [5.41, 5.74) is 7.66. The van der Waals surface area contributed by atoms with Gasteiger partial charge in [0, 0.05) is 6.54 Å². The molecule has 5 rings (SSSR count). The summed E-state index contributed by atoms with van der Waals surface area (Å²) in [6.45, 7) is 0.979. The number of furan rings is 1. The van der Waals surface area contributed by atoms with Crippen molar-refractivity contribution < 1.29 is 31.9 Å². The minimum atomic E-state index is -4.45. The van der Waals surface area contributed by atoms with E-state index in [0.717, 1.165) is 29.0 Å². The zero-order chi connectivity index (χ0) is 26.9. The lowest BCUT2D eigenvalue weighted by Gasteiger charge is -2.35. The van der Waals surface area contributed by atoms with E-state index in [1.54, 1.807) is 54.8 Å². The molecule has 194 valence electrons. The summed E-state index contributed by atoms with van der Waals surface area (Å²) in [5, 5.41) is 0. The van der Waals surface area contributed by atoms with Crippen LogP contribution in [0.4, 0.5) is 13.2 Å². The highest BCUT2D eigenvalue weighted by atomic mass is 19.4. The van der Waals surface area contributed by atoms with Crippen LogP contribution in [0.5, 0.6) is 5.75 Å². The Morgan fingerprint density at radius 1 is 1.00 bits per heavy atom. The quantitative estimate of drug-likeness (QED) is 0.258. The average Bonchev–Trinajstić information content (AvgIpc) is 3.41. The molecule has 0 radical (unpaired) electrons. The predicted molar refractivity (Wildman–Crippen MR) is 133 cm³/mol. The van der Waals surface area contributed by atoms with Crippen molar-refractivity contribution in [2.75, 3.05) is 6.54 Å². The number of halogens is 3. The van der Waals surface area contributed by atoms with Crippen LogP contribution < -0.4 is 10.5 Å². The Hall–Kier alpha value is -4.37. The third kappa shape index (κ3) is 5.19. The number of carbonyl (C=O) groups excluding carboxylic acids is 2. The van der Waals surface area contributed by atoms with Gasteiger partial charge in [-0.1, -0.05) is 36.4 Å². The Kier molecular flexibility index (Phi) is 6.77. The van der Waals surface area contributed by atoms with E-state index in [1.807, 2.05) is 11.0 Å². The highest BCUT2D eigenvalue weighted by Crippen LogP contribution is 2.35. The third-order valence-corrected chi connectivity index (χ3v) is 6.53. The molecule has 0 fully saturated rings. The lowest BCUT2D eigenvalue weighted by molar-refractivity contribution is -0.137. The maximum atomic E-state index is 13.1. The second kappa shape index (κ2) is 10.2. The topological polar surface area (TPSA) is 85.8 Å². The van der Waals surface area contributed by atoms with Gasteiger partial charge < -0.3 is 14.9 Å². The number of esters is 1. The lowest BCUT2D eigenvalue weighted by Crippen LogP contribution is -2.42. The number of carbonyl (C=O) groups is 2. The normalized spacial score (nSPS) is 15.6. The fourth-order valence-corrected chi connectivity index (χ4v) is 4.74. The summed E-state index contributed by atoms with van der Waals surface area (Å²) in [4.78, 5) is 27.4. The standard InChI is InChI=1S/C29H23F3N2O4/c30-29(31,32)20-9-7-18(8-10-20)23-5-1-2-6-25(23)28(36)38-21-11-12-24-19(16-21)13-14-34(26(24)27(33)35)17-22-4-3-15-37-22/h1-12,15-16,26H,13-14,17H2,(H2,33,35). The summed E-state index contributed by atoms with van der Waals surface area (Å²) in [6, 6.07) is 19.2. The van der Waals surface area contributed by atoms with Crippen LogP contribution in [0.3, 0.4) is 0 Å². The SMILES string of the molecule is NC(=O)C1c2ccc(OC(=O)c3ccccc3-c3ccc(C(F)(F)F)cc3)cc2CCN1Cc1ccco1. The van der Waals surface area contributed by atoms with Crippen molar-refractivity contribution >= 4 is 11.9 Å². The van der Waals surface area contributed by atoms with Crippen molar-refractivity contribution in [2.45, 2.75) is 25.2 Å². The number of ether oxygens (including phenoxy) is 1. The van der Waals surface area contributed by atoms with Gasteiger partial charge in [-0.2, -0.15) is 13.2 Å². The molecule has 1 aliphatic rings. The number of nitrogens with zero attached hydrogens (tertiary/aromatic N) is 1. The molecule has 0 aliphatic carbocycles. The molecule has 9 heteroatoms. The molecule has 1 aliphatic heterocycles. The van der Waals surface area contributed by atoms with E-state index in [9.17, 15) is 22.8 Å². The molecule has 2 heterocycles. The van der Waals surface area contributed by atoms with Crippen molar-refractivity contribution in [2.24, 2.45) is 5.73 Å². The minimum absolute atomic E-state index is 0.213. The zero-order valence-electron chi connectivity index (χ0n) is 20.1. The second-order valence-electron chi connectivity index (χ2n) is 8.98. The number of hydrogen-bond donors (Lipinski definition) is 1. The first kappa shape index (κ1) is 25.3. The molecule has 38 heavy (non-hydrogen) atoms. The van der Waals surface area contributed by atoms with E-state index < -0.39 is 29.7 Å². The summed E-state index contributed by atoms with van der Waals surface area (Å²) >= 11 is 0. The summed E-state index contributed by atoms with van der Waals surface area (Å²) in [6.07, 6.45) is -2.27. The Balaban J connectivity index is 1.37. The van der Waals surface area contributed by atoms with Gasteiger partial charge in [-0.25, -0.2) is 4.79 Å². The number of amides is 1. The van der Waals surface area contributed by atoms with E-state index >= 15 is 0 Å². The van der Waals surface area contributed by atoms with Crippen LogP contribution in [-0.2, 0) is 23.9 Å². The highest BCUT2D eigenvalue weighted by Gasteiger charge is 2.33. The van der Waals surface area contributed by atoms with Crippen LogP contribution in [-0.4, -0.2) is 23.3 Å². The van der Waals surface area contributed by atoms with Crippen LogP contribution in [0.1, 0.15) is 38.9 Å². The van der Waals surface area contributed by atoms with Gasteiger partial charge in [0.05, 0.1) is 23.9 Å². The first-order valence-electron chi connectivity index (χ1n) is 11.9. The smallest absolute Gasteiger partial charge is 0.416 e. The van der Waals surface area contributed by atoms with Crippen LogP contribution in [0.25, 0.3) is 11.1 Å². The third-order valence-electron chi connectivity index (χ3n) is 6.53. The molecule has 1 aromatic heterocycles. The first-order chi connectivity index (χ1) is 18.2. The zero-order valence-corrected chi connectivity index (χ0v) is 20.1. The summed E-state index contributed by atoms with van der Waals surface area (Å²) < 4.78 is 49.9. The predicted octanol–water partition coefficient (Wildman–Crippen LogP) is 5.77. The molecule has 0 bridgehead atoms. The number of hydrogen-bond acceptors (Lipinski definition) is 5. The molecule has 1 amide bonds. The van der Waals surface area contributed by atoms with Crippen molar-refractivity contribution in [3.05, 3.63) is 113 Å². The molecular formula is C29H23F3N2O4. The van der Waals surface area contributed by atoms with Gasteiger partial charge in [0.1, 0.15) is 17.6 Å². The van der Waals surface area contributed by atoms with E-state index in [2.05, 4.69) is 0 Å². The van der Waals surface area contributed by atoms with E-state index in [4.69, 9.17) is 14.9 Å². The first-order valence-corrected chi connectivity index (χ1v) is 11.9. The maximum Gasteiger partial charge on any atom is 0.416 e. The molecule has 1 unspecified atom stereocenters. The monoisotopic (exact) mass is 520 g/mol. The Bertz CT molecular complexity index is 1460. The molecule has 6 nitrogen and oxygen atoms in total. The van der Waals surface area contributed by atoms with Gasteiger partial charge in [-0.3, -0.25) is 9.69 Å². The fourth-order valence-electron chi connectivity index (χ4n) is 4.74. The molecule has 0 spiro atoms. The number of rotatable bonds is 6.